The molecule has 0 saturated heterocycles. The molecule has 0 N–H and O–H groups in total. The molecule has 0 aromatic heterocycles. The maximum atomic E-state index is 11.0. The highest BCUT2D eigenvalue weighted by Crippen LogP contribution is 2.38. The third-order valence-electron chi connectivity index (χ3n) is 2.51. The standard InChI is InChI=1S/C12H15NO6/c1-7(19-8(2)14)9-5-11(17-3)12(18-4)6-10(9)13(15)16/h5-7H,1-4H3. The minimum atomic E-state index is -0.752. The number of ether oxygens (including phenoxy) is 3. The molecule has 1 atom stereocenters. The molecule has 1 rings (SSSR count). The Bertz CT molecular complexity index is 499. The molecule has 1 unspecified atom stereocenters. The van der Waals surface area contributed by atoms with Crippen LogP contribution in [0.3, 0.4) is 0 Å². The first kappa shape index (κ1) is 14.7. The lowest BCUT2D eigenvalue weighted by atomic mass is 10.1. The van der Waals surface area contributed by atoms with Crippen LogP contribution in [-0.2, 0) is 9.53 Å². The second kappa shape index (κ2) is 6.03. The summed E-state index contributed by atoms with van der Waals surface area (Å²) in [5.74, 6) is 0.0617. The third kappa shape index (κ3) is 3.34. The molecular formula is C12H15NO6. The van der Waals surface area contributed by atoms with Gasteiger partial charge in [0.1, 0.15) is 6.10 Å². The number of carbonyl (C=O) groups excluding carboxylic acids is 1. The SMILES string of the molecule is COc1cc(C(C)OC(C)=O)c([N+](=O)[O-])cc1OC. The van der Waals surface area contributed by atoms with Crippen LogP contribution in [0.1, 0.15) is 25.5 Å². The quantitative estimate of drug-likeness (QED) is 0.462. The molecule has 0 aliphatic rings. The van der Waals surface area contributed by atoms with Crippen molar-refractivity contribution in [1.29, 1.82) is 0 Å². The molecule has 0 heterocycles. The average Bonchev–Trinajstić information content (AvgIpc) is 2.35. The second-order valence-corrected chi connectivity index (χ2v) is 3.77. The Hall–Kier alpha value is -2.31. The molecule has 0 amide bonds. The smallest absolute Gasteiger partial charge is 0.303 e. The third-order valence-corrected chi connectivity index (χ3v) is 2.51. The van der Waals surface area contributed by atoms with Crippen LogP contribution >= 0.6 is 0 Å². The van der Waals surface area contributed by atoms with E-state index in [1.54, 1.807) is 6.92 Å². The number of hydrogen-bond acceptors (Lipinski definition) is 6. The Kier molecular flexibility index (Phi) is 4.68. The van der Waals surface area contributed by atoms with Gasteiger partial charge in [0.2, 0.25) is 0 Å². The molecule has 0 aliphatic heterocycles. The maximum Gasteiger partial charge on any atom is 0.303 e. The Morgan fingerprint density at radius 3 is 2.21 bits per heavy atom. The number of nitro benzene ring substituents is 1. The second-order valence-electron chi connectivity index (χ2n) is 3.77. The molecule has 0 fully saturated rings. The number of methoxy groups -OCH3 is 2. The molecule has 0 aliphatic carbocycles. The molecule has 1 aromatic rings. The lowest BCUT2D eigenvalue weighted by Gasteiger charge is -2.15. The van der Waals surface area contributed by atoms with Crippen molar-refractivity contribution in [1.82, 2.24) is 0 Å². The number of esters is 1. The summed E-state index contributed by atoms with van der Waals surface area (Å²) in [6.07, 6.45) is -0.752. The molecule has 0 radical (unpaired) electrons. The molecule has 7 heteroatoms. The molecule has 19 heavy (non-hydrogen) atoms. The van der Waals surface area contributed by atoms with Crippen LogP contribution in [0.4, 0.5) is 5.69 Å². The Morgan fingerprint density at radius 2 is 1.79 bits per heavy atom. The number of carbonyl (C=O) groups is 1. The van der Waals surface area contributed by atoms with Crippen molar-refractivity contribution in [3.8, 4) is 11.5 Å². The highest BCUT2D eigenvalue weighted by Gasteiger charge is 2.24. The van der Waals surface area contributed by atoms with E-state index in [2.05, 4.69) is 0 Å². The van der Waals surface area contributed by atoms with Crippen molar-refractivity contribution in [2.24, 2.45) is 0 Å². The first-order valence-electron chi connectivity index (χ1n) is 5.48. The van der Waals surface area contributed by atoms with Crippen molar-refractivity contribution < 1.29 is 23.9 Å². The molecule has 7 nitrogen and oxygen atoms in total. The van der Waals surface area contributed by atoms with E-state index < -0.39 is 17.0 Å². The van der Waals surface area contributed by atoms with Gasteiger partial charge in [0.25, 0.3) is 5.69 Å². The van der Waals surface area contributed by atoms with E-state index in [1.165, 1.54) is 33.3 Å². The number of nitrogens with zero attached hydrogens (tertiary/aromatic N) is 1. The van der Waals surface area contributed by atoms with Gasteiger partial charge in [0.05, 0.1) is 30.8 Å². The van der Waals surface area contributed by atoms with Crippen LogP contribution in [-0.4, -0.2) is 25.1 Å². The van der Waals surface area contributed by atoms with Crippen LogP contribution in [0.25, 0.3) is 0 Å². The number of rotatable bonds is 5. The van der Waals surface area contributed by atoms with Crippen LogP contribution in [0.2, 0.25) is 0 Å². The molecule has 0 saturated carbocycles. The molecule has 1 aromatic carbocycles. The zero-order valence-corrected chi connectivity index (χ0v) is 11.1. The largest absolute Gasteiger partial charge is 0.493 e. The van der Waals surface area contributed by atoms with Crippen LogP contribution in [0, 0.1) is 10.1 Å². The summed E-state index contributed by atoms with van der Waals surface area (Å²) in [7, 11) is 2.81. The maximum absolute atomic E-state index is 11.0. The van der Waals surface area contributed by atoms with Crippen molar-refractivity contribution in [2.45, 2.75) is 20.0 Å². The van der Waals surface area contributed by atoms with Gasteiger partial charge in [-0.1, -0.05) is 0 Å². The van der Waals surface area contributed by atoms with E-state index in [4.69, 9.17) is 14.2 Å². The average molecular weight is 269 g/mol. The predicted molar refractivity (Wildman–Crippen MR) is 66.4 cm³/mol. The monoisotopic (exact) mass is 269 g/mol. The first-order chi connectivity index (χ1) is 8.90. The Balaban J connectivity index is 3.34. The fraction of sp³-hybridized carbons (Fsp3) is 0.417. The summed E-state index contributed by atoms with van der Waals surface area (Å²) >= 11 is 0. The predicted octanol–water partition coefficient (Wildman–Crippen LogP) is 2.24. The first-order valence-corrected chi connectivity index (χ1v) is 5.48. The highest BCUT2D eigenvalue weighted by atomic mass is 16.6. The van der Waals surface area contributed by atoms with E-state index in [1.807, 2.05) is 0 Å². The van der Waals surface area contributed by atoms with E-state index in [0.29, 0.717) is 5.75 Å². The number of nitro groups is 1. The fourth-order valence-corrected chi connectivity index (χ4v) is 1.68. The summed E-state index contributed by atoms with van der Waals surface area (Å²) in [5, 5.41) is 11.0. The van der Waals surface area contributed by atoms with E-state index in [0.717, 1.165) is 0 Å². The zero-order valence-electron chi connectivity index (χ0n) is 11.1. The van der Waals surface area contributed by atoms with Crippen LogP contribution < -0.4 is 9.47 Å². The fourth-order valence-electron chi connectivity index (χ4n) is 1.68. The molecular weight excluding hydrogens is 254 g/mol. The lowest BCUT2D eigenvalue weighted by Crippen LogP contribution is -2.08. The van der Waals surface area contributed by atoms with E-state index in [9.17, 15) is 14.9 Å². The normalized spacial score (nSPS) is 11.6. The van der Waals surface area contributed by atoms with Gasteiger partial charge in [-0.05, 0) is 13.0 Å². The van der Waals surface area contributed by atoms with Gasteiger partial charge in [0, 0.05) is 6.92 Å². The summed E-state index contributed by atoms with van der Waals surface area (Å²) in [5.41, 5.74) is 0.0595. The lowest BCUT2D eigenvalue weighted by molar-refractivity contribution is -0.386. The van der Waals surface area contributed by atoms with Crippen molar-refractivity contribution >= 4 is 11.7 Å². The Labute approximate surface area is 110 Å². The van der Waals surface area contributed by atoms with Crippen molar-refractivity contribution in [2.75, 3.05) is 14.2 Å². The summed E-state index contributed by atoms with van der Waals surface area (Å²) in [4.78, 5) is 21.4. The zero-order chi connectivity index (χ0) is 14.6. The van der Waals surface area contributed by atoms with Gasteiger partial charge in [-0.2, -0.15) is 0 Å². The highest BCUT2D eigenvalue weighted by molar-refractivity contribution is 5.67. The molecule has 0 spiro atoms. The minimum Gasteiger partial charge on any atom is -0.493 e. The van der Waals surface area contributed by atoms with Crippen molar-refractivity contribution in [3.63, 3.8) is 0 Å². The van der Waals surface area contributed by atoms with Gasteiger partial charge in [0.15, 0.2) is 11.5 Å². The van der Waals surface area contributed by atoms with Crippen LogP contribution in [0.15, 0.2) is 12.1 Å². The summed E-state index contributed by atoms with van der Waals surface area (Å²) in [6, 6.07) is 2.68. The van der Waals surface area contributed by atoms with Gasteiger partial charge in [-0.15, -0.1) is 0 Å². The van der Waals surface area contributed by atoms with Gasteiger partial charge in [-0.25, -0.2) is 0 Å². The van der Waals surface area contributed by atoms with Gasteiger partial charge >= 0.3 is 5.97 Å². The van der Waals surface area contributed by atoms with E-state index in [-0.39, 0.29) is 17.0 Å². The topological polar surface area (TPSA) is 87.9 Å². The molecule has 0 bridgehead atoms. The summed E-state index contributed by atoms with van der Waals surface area (Å²) < 4.78 is 15.0. The minimum absolute atomic E-state index is 0.189. The van der Waals surface area contributed by atoms with E-state index >= 15 is 0 Å². The number of benzene rings is 1. The summed E-state index contributed by atoms with van der Waals surface area (Å²) in [6.45, 7) is 2.79. The Morgan fingerprint density at radius 1 is 1.26 bits per heavy atom. The van der Waals surface area contributed by atoms with Gasteiger partial charge in [-0.3, -0.25) is 14.9 Å². The van der Waals surface area contributed by atoms with Gasteiger partial charge < -0.3 is 14.2 Å². The van der Waals surface area contributed by atoms with Crippen molar-refractivity contribution in [3.05, 3.63) is 27.8 Å². The molecule has 104 valence electrons. The number of hydrogen-bond donors (Lipinski definition) is 0. The van der Waals surface area contributed by atoms with Crippen LogP contribution in [0.5, 0.6) is 11.5 Å².